The van der Waals surface area contributed by atoms with Crippen LogP contribution >= 0.6 is 0 Å². The Balaban J connectivity index is 2.22. The minimum atomic E-state index is -2.05. The van der Waals surface area contributed by atoms with E-state index in [9.17, 15) is 4.79 Å². The number of amides is 1. The van der Waals surface area contributed by atoms with Gasteiger partial charge in [0.2, 0.25) is 5.91 Å². The zero-order valence-corrected chi connectivity index (χ0v) is 21.2. The van der Waals surface area contributed by atoms with Gasteiger partial charge < -0.3 is 9.74 Å². The highest BCUT2D eigenvalue weighted by Gasteiger charge is 2.43. The summed E-state index contributed by atoms with van der Waals surface area (Å²) in [6.45, 7) is 16.6. The van der Waals surface area contributed by atoms with Crippen LogP contribution in [-0.2, 0) is 22.3 Å². The van der Waals surface area contributed by atoms with Crippen molar-refractivity contribution in [2.24, 2.45) is 5.92 Å². The Bertz CT molecular complexity index is 801. The monoisotopic (exact) mass is 440 g/mol. The summed E-state index contributed by atoms with van der Waals surface area (Å²) in [6, 6.07) is 19.8. The molecule has 31 heavy (non-hydrogen) atoms. The quantitative estimate of drug-likeness (QED) is 0.479. The molecule has 2 aromatic carbocycles. The second kappa shape index (κ2) is 11.1. The van der Waals surface area contributed by atoms with E-state index in [0.29, 0.717) is 13.1 Å². The molecule has 0 unspecified atom stereocenters. The maximum atomic E-state index is 13.4. The lowest BCUT2D eigenvalue weighted by atomic mass is 9.98. The van der Waals surface area contributed by atoms with Crippen LogP contribution in [0.25, 0.3) is 0 Å². The number of nitrogens with one attached hydrogen (secondary N) is 2. The molecule has 2 aromatic rings. The molecule has 2 atom stereocenters. The molecule has 0 saturated carbocycles. The van der Waals surface area contributed by atoms with E-state index >= 15 is 0 Å². The number of rotatable bonds is 10. The van der Waals surface area contributed by atoms with Gasteiger partial charge in [0, 0.05) is 13.1 Å². The molecule has 1 amide bonds. The Morgan fingerprint density at radius 1 is 0.903 bits per heavy atom. The van der Waals surface area contributed by atoms with Crippen molar-refractivity contribution in [3.63, 3.8) is 0 Å². The SMILES string of the molecule is CC(C)[C@H](O[Si](C)(C)C(C)(C)C)[C@@H](NCc1ccccc1)C(=O)NCc1ccccc1. The van der Waals surface area contributed by atoms with E-state index in [1.165, 1.54) is 0 Å². The molecule has 0 saturated heterocycles. The summed E-state index contributed by atoms with van der Waals surface area (Å²) in [6.07, 6.45) is -0.208. The lowest BCUT2D eigenvalue weighted by Gasteiger charge is -2.42. The summed E-state index contributed by atoms with van der Waals surface area (Å²) in [4.78, 5) is 13.4. The highest BCUT2D eigenvalue weighted by Crippen LogP contribution is 2.38. The maximum Gasteiger partial charge on any atom is 0.240 e. The van der Waals surface area contributed by atoms with E-state index in [1.807, 2.05) is 48.5 Å². The van der Waals surface area contributed by atoms with Gasteiger partial charge in [-0.05, 0) is 35.2 Å². The van der Waals surface area contributed by atoms with E-state index < -0.39 is 14.4 Å². The molecule has 0 aliphatic heterocycles. The first-order valence-corrected chi connectivity index (χ1v) is 14.2. The van der Waals surface area contributed by atoms with Gasteiger partial charge in [-0.3, -0.25) is 10.1 Å². The van der Waals surface area contributed by atoms with Gasteiger partial charge in [0.1, 0.15) is 6.04 Å². The Hall–Kier alpha value is -1.95. The Kier molecular flexibility index (Phi) is 9.04. The van der Waals surface area contributed by atoms with Crippen molar-refractivity contribution < 1.29 is 9.22 Å². The summed E-state index contributed by atoms with van der Waals surface area (Å²) >= 11 is 0. The molecule has 0 radical (unpaired) electrons. The van der Waals surface area contributed by atoms with Crippen molar-refractivity contribution in [1.82, 2.24) is 10.6 Å². The van der Waals surface area contributed by atoms with E-state index in [-0.39, 0.29) is 23.0 Å². The first-order chi connectivity index (χ1) is 14.5. The van der Waals surface area contributed by atoms with Gasteiger partial charge in [0.05, 0.1) is 6.10 Å². The van der Waals surface area contributed by atoms with Crippen LogP contribution < -0.4 is 10.6 Å². The van der Waals surface area contributed by atoms with Crippen LogP contribution in [0.2, 0.25) is 18.1 Å². The van der Waals surface area contributed by atoms with Crippen molar-refractivity contribution in [3.05, 3.63) is 71.8 Å². The van der Waals surface area contributed by atoms with Crippen molar-refractivity contribution in [2.75, 3.05) is 0 Å². The van der Waals surface area contributed by atoms with Gasteiger partial charge in [-0.25, -0.2) is 0 Å². The smallest absolute Gasteiger partial charge is 0.240 e. The number of hydrogen-bond donors (Lipinski definition) is 2. The summed E-state index contributed by atoms with van der Waals surface area (Å²) in [5, 5.41) is 6.72. The third kappa shape index (κ3) is 7.60. The van der Waals surface area contributed by atoms with Crippen LogP contribution in [-0.4, -0.2) is 26.4 Å². The molecule has 0 spiro atoms. The van der Waals surface area contributed by atoms with Crippen LogP contribution in [0.4, 0.5) is 0 Å². The Labute approximate surface area is 189 Å². The fourth-order valence-corrected chi connectivity index (χ4v) is 4.62. The molecule has 0 aliphatic carbocycles. The van der Waals surface area contributed by atoms with Gasteiger partial charge in [-0.15, -0.1) is 0 Å². The molecule has 0 aliphatic rings. The number of carbonyl (C=O) groups is 1. The number of hydrogen-bond acceptors (Lipinski definition) is 3. The van der Waals surface area contributed by atoms with Crippen molar-refractivity contribution in [1.29, 1.82) is 0 Å². The zero-order valence-electron chi connectivity index (χ0n) is 20.2. The molecule has 0 bridgehead atoms. The standard InChI is InChI=1S/C26H40N2O2Si/c1-20(2)24(30-31(6,7)26(3,4)5)23(27-18-21-14-10-8-11-15-21)25(29)28-19-22-16-12-9-13-17-22/h8-17,20,23-24,27H,18-19H2,1-7H3,(H,28,29)/t23-,24+/m1/s1. The number of benzene rings is 2. The highest BCUT2D eigenvalue weighted by atomic mass is 28.4. The second-order valence-electron chi connectivity index (χ2n) is 10.1. The van der Waals surface area contributed by atoms with E-state index in [0.717, 1.165) is 11.1 Å². The fraction of sp³-hybridized carbons (Fsp3) is 0.500. The van der Waals surface area contributed by atoms with Gasteiger partial charge in [0.15, 0.2) is 8.32 Å². The number of carbonyl (C=O) groups excluding carboxylic acids is 1. The van der Waals surface area contributed by atoms with Crippen LogP contribution in [0.3, 0.4) is 0 Å². The molecule has 0 heterocycles. The lowest BCUT2D eigenvalue weighted by molar-refractivity contribution is -0.126. The van der Waals surface area contributed by atoms with Gasteiger partial charge in [0.25, 0.3) is 0 Å². The van der Waals surface area contributed by atoms with E-state index in [1.54, 1.807) is 0 Å². The second-order valence-corrected chi connectivity index (χ2v) is 14.9. The van der Waals surface area contributed by atoms with Crippen molar-refractivity contribution >= 4 is 14.2 Å². The van der Waals surface area contributed by atoms with Gasteiger partial charge >= 0.3 is 0 Å². The first kappa shape index (κ1) is 25.3. The molecular weight excluding hydrogens is 400 g/mol. The Morgan fingerprint density at radius 3 is 1.84 bits per heavy atom. The predicted octanol–water partition coefficient (Wildman–Crippen LogP) is 5.51. The average Bonchev–Trinajstić information content (AvgIpc) is 2.72. The topological polar surface area (TPSA) is 50.4 Å². The minimum absolute atomic E-state index is 0.0165. The molecular formula is C26H40N2O2Si. The summed E-state index contributed by atoms with van der Waals surface area (Å²) in [7, 11) is -2.05. The normalized spacial score (nSPS) is 14.3. The largest absolute Gasteiger partial charge is 0.412 e. The van der Waals surface area contributed by atoms with Crippen molar-refractivity contribution in [3.8, 4) is 0 Å². The molecule has 2 rings (SSSR count). The van der Waals surface area contributed by atoms with Gasteiger partial charge in [-0.2, -0.15) is 0 Å². The zero-order chi connectivity index (χ0) is 23.1. The van der Waals surface area contributed by atoms with Crippen LogP contribution in [0.5, 0.6) is 0 Å². The average molecular weight is 441 g/mol. The summed E-state index contributed by atoms with van der Waals surface area (Å²) < 4.78 is 6.80. The third-order valence-corrected chi connectivity index (χ3v) is 10.7. The highest BCUT2D eigenvalue weighted by molar-refractivity contribution is 6.74. The predicted molar refractivity (Wildman–Crippen MR) is 132 cm³/mol. The fourth-order valence-electron chi connectivity index (χ4n) is 3.18. The molecule has 4 nitrogen and oxygen atoms in total. The van der Waals surface area contributed by atoms with Crippen molar-refractivity contribution in [2.45, 2.75) is 78.0 Å². The molecule has 5 heteroatoms. The van der Waals surface area contributed by atoms with E-state index in [4.69, 9.17) is 4.43 Å². The van der Waals surface area contributed by atoms with Crippen LogP contribution in [0, 0.1) is 5.92 Å². The van der Waals surface area contributed by atoms with Crippen LogP contribution in [0.15, 0.2) is 60.7 Å². The maximum absolute atomic E-state index is 13.4. The minimum Gasteiger partial charge on any atom is -0.412 e. The Morgan fingerprint density at radius 2 is 1.39 bits per heavy atom. The first-order valence-electron chi connectivity index (χ1n) is 11.3. The lowest BCUT2D eigenvalue weighted by Crippen LogP contribution is -2.57. The molecule has 2 N–H and O–H groups in total. The summed E-state index contributed by atoms with van der Waals surface area (Å²) in [5.41, 5.74) is 2.24. The van der Waals surface area contributed by atoms with Crippen LogP contribution in [0.1, 0.15) is 45.7 Å². The van der Waals surface area contributed by atoms with Gasteiger partial charge in [-0.1, -0.05) is 95.3 Å². The molecule has 0 aromatic heterocycles. The van der Waals surface area contributed by atoms with E-state index in [2.05, 4.69) is 70.5 Å². The molecule has 170 valence electrons. The third-order valence-electron chi connectivity index (χ3n) is 6.18. The molecule has 0 fully saturated rings. The summed E-state index contributed by atoms with van der Waals surface area (Å²) in [5.74, 6) is 0.182.